The molecule has 0 aromatic carbocycles. The molecule has 0 aromatic rings. The molecule has 0 saturated carbocycles. The van der Waals surface area contributed by atoms with Crippen LogP contribution in [0.25, 0.3) is 0 Å². The minimum atomic E-state index is 0.138. The van der Waals surface area contributed by atoms with Gasteiger partial charge in [-0.3, -0.25) is 0 Å². The van der Waals surface area contributed by atoms with Crippen LogP contribution >= 0.6 is 11.8 Å². The molecule has 0 N–H and O–H groups in total. The second-order valence-corrected chi connectivity index (χ2v) is 10.5. The summed E-state index contributed by atoms with van der Waals surface area (Å²) in [6.45, 7) is 25.0. The van der Waals surface area contributed by atoms with E-state index in [1.807, 2.05) is 11.8 Å². The van der Waals surface area contributed by atoms with Gasteiger partial charge in [-0.1, -0.05) is 80.5 Å². The molecule has 0 unspecified atom stereocenters. The monoisotopic (exact) mass is 308 g/mol. The summed E-state index contributed by atoms with van der Waals surface area (Å²) in [6.07, 6.45) is 6.76. The Kier molecular flexibility index (Phi) is 7.07. The normalized spacial score (nSPS) is 16.4. The zero-order valence-electron chi connectivity index (χ0n) is 16.1. The third kappa shape index (κ3) is 6.91. The zero-order chi connectivity index (χ0) is 17.1. The molecule has 0 fully saturated rings. The van der Waals surface area contributed by atoms with Crippen LogP contribution in [-0.2, 0) is 0 Å². The SMILES string of the molecule is C\C=C/C(=C(SC(C)(C)C)\C(=C/C)C(C)(C)C)C(C)(C)C. The van der Waals surface area contributed by atoms with Crippen LogP contribution in [0.2, 0.25) is 0 Å². The van der Waals surface area contributed by atoms with Gasteiger partial charge in [-0.2, -0.15) is 0 Å². The molecule has 0 amide bonds. The van der Waals surface area contributed by atoms with Crippen molar-refractivity contribution in [2.45, 2.75) is 80.9 Å². The molecule has 0 heterocycles. The molecule has 0 bridgehead atoms. The molecule has 0 aliphatic heterocycles. The van der Waals surface area contributed by atoms with E-state index in [1.165, 1.54) is 16.1 Å². The summed E-state index contributed by atoms with van der Waals surface area (Å²) in [5.74, 6) is 0. The molecule has 0 aliphatic rings. The average Bonchev–Trinajstić information content (AvgIpc) is 2.20. The summed E-state index contributed by atoms with van der Waals surface area (Å²) < 4.78 is 0.201. The maximum absolute atomic E-state index is 2.31. The van der Waals surface area contributed by atoms with Gasteiger partial charge in [0.2, 0.25) is 0 Å². The molecule has 0 aromatic heterocycles. The minimum absolute atomic E-state index is 0.138. The van der Waals surface area contributed by atoms with E-state index in [0.29, 0.717) is 0 Å². The highest BCUT2D eigenvalue weighted by atomic mass is 32.2. The maximum atomic E-state index is 2.31. The van der Waals surface area contributed by atoms with Gasteiger partial charge in [-0.05, 0) is 35.8 Å². The van der Waals surface area contributed by atoms with Crippen LogP contribution in [-0.4, -0.2) is 4.75 Å². The fourth-order valence-corrected chi connectivity index (χ4v) is 3.93. The van der Waals surface area contributed by atoms with E-state index in [2.05, 4.69) is 94.4 Å². The molecule has 0 aliphatic carbocycles. The lowest BCUT2D eigenvalue weighted by Crippen LogP contribution is -2.19. The van der Waals surface area contributed by atoms with Crippen molar-refractivity contribution in [2.24, 2.45) is 10.8 Å². The van der Waals surface area contributed by atoms with Crippen molar-refractivity contribution < 1.29 is 0 Å². The van der Waals surface area contributed by atoms with Crippen LogP contribution in [0.3, 0.4) is 0 Å². The highest BCUT2D eigenvalue weighted by Crippen LogP contribution is 2.47. The van der Waals surface area contributed by atoms with E-state index in [-0.39, 0.29) is 15.6 Å². The van der Waals surface area contributed by atoms with Gasteiger partial charge in [0.25, 0.3) is 0 Å². The van der Waals surface area contributed by atoms with Crippen molar-refractivity contribution in [3.05, 3.63) is 34.3 Å². The van der Waals surface area contributed by atoms with Crippen molar-refractivity contribution in [3.63, 3.8) is 0 Å². The highest BCUT2D eigenvalue weighted by molar-refractivity contribution is 8.04. The van der Waals surface area contributed by atoms with E-state index in [0.717, 1.165) is 0 Å². The van der Waals surface area contributed by atoms with E-state index in [1.54, 1.807) is 0 Å². The van der Waals surface area contributed by atoms with Crippen LogP contribution < -0.4 is 0 Å². The lowest BCUT2D eigenvalue weighted by Gasteiger charge is -2.34. The molecule has 21 heavy (non-hydrogen) atoms. The third-order valence-electron chi connectivity index (χ3n) is 3.14. The molecule has 0 spiro atoms. The van der Waals surface area contributed by atoms with Crippen molar-refractivity contribution >= 4 is 11.8 Å². The molecule has 1 heteroatoms. The number of allylic oxidation sites excluding steroid dienone is 5. The number of hydrogen-bond acceptors (Lipinski definition) is 1. The summed E-state index contributed by atoms with van der Waals surface area (Å²) in [5.41, 5.74) is 3.18. The first-order valence-electron chi connectivity index (χ1n) is 7.97. The van der Waals surface area contributed by atoms with Gasteiger partial charge in [0.15, 0.2) is 0 Å². The summed E-state index contributed by atoms with van der Waals surface area (Å²) in [4.78, 5) is 1.45. The first-order chi connectivity index (χ1) is 9.24. The van der Waals surface area contributed by atoms with E-state index >= 15 is 0 Å². The standard InChI is InChI=1S/C20H36S/c1-12-14-16(19(6,7)8)17(21-20(9,10)11)15(13-2)18(3,4)5/h12-14H,1-11H3/b14-12-,15-13+,17-16-. The fourth-order valence-electron chi connectivity index (χ4n) is 2.30. The van der Waals surface area contributed by atoms with Crippen LogP contribution in [0.4, 0.5) is 0 Å². The van der Waals surface area contributed by atoms with Crippen molar-refractivity contribution in [1.29, 1.82) is 0 Å². The molecule has 0 rings (SSSR count). The van der Waals surface area contributed by atoms with Crippen LogP contribution in [0.5, 0.6) is 0 Å². The summed E-state index contributed by atoms with van der Waals surface area (Å²) in [5, 5.41) is 0. The van der Waals surface area contributed by atoms with Crippen molar-refractivity contribution in [2.75, 3.05) is 0 Å². The summed E-state index contributed by atoms with van der Waals surface area (Å²) in [7, 11) is 0. The predicted octanol–water partition coefficient (Wildman–Crippen LogP) is 7.39. The molecule has 0 radical (unpaired) electrons. The Balaban J connectivity index is 6.40. The maximum Gasteiger partial charge on any atom is 0.0149 e. The molecule has 122 valence electrons. The summed E-state index contributed by atoms with van der Waals surface area (Å²) >= 11 is 2.00. The first kappa shape index (κ1) is 20.6. The van der Waals surface area contributed by atoms with Crippen molar-refractivity contribution in [1.82, 2.24) is 0 Å². The highest BCUT2D eigenvalue weighted by Gasteiger charge is 2.29. The Hall–Kier alpha value is -0.430. The Bertz CT molecular complexity index is 426. The Morgan fingerprint density at radius 1 is 0.762 bits per heavy atom. The second-order valence-electron chi connectivity index (χ2n) is 8.66. The van der Waals surface area contributed by atoms with Gasteiger partial charge in [0.05, 0.1) is 0 Å². The number of hydrogen-bond donors (Lipinski definition) is 0. The predicted molar refractivity (Wildman–Crippen MR) is 102 cm³/mol. The van der Waals surface area contributed by atoms with Gasteiger partial charge in [-0.25, -0.2) is 0 Å². The van der Waals surface area contributed by atoms with Crippen LogP contribution in [0.15, 0.2) is 34.3 Å². The molecular weight excluding hydrogens is 272 g/mol. The first-order valence-corrected chi connectivity index (χ1v) is 8.79. The third-order valence-corrected chi connectivity index (χ3v) is 4.39. The van der Waals surface area contributed by atoms with Gasteiger partial charge in [0, 0.05) is 9.65 Å². The molecular formula is C20H36S. The van der Waals surface area contributed by atoms with E-state index in [4.69, 9.17) is 0 Å². The van der Waals surface area contributed by atoms with Crippen molar-refractivity contribution in [3.8, 4) is 0 Å². The number of rotatable bonds is 3. The minimum Gasteiger partial charge on any atom is -0.120 e. The molecule has 0 nitrogen and oxygen atoms in total. The quantitative estimate of drug-likeness (QED) is 0.490. The van der Waals surface area contributed by atoms with Crippen LogP contribution in [0.1, 0.15) is 76.2 Å². The van der Waals surface area contributed by atoms with Crippen LogP contribution in [0, 0.1) is 10.8 Å². The van der Waals surface area contributed by atoms with Gasteiger partial charge >= 0.3 is 0 Å². The smallest absolute Gasteiger partial charge is 0.0149 e. The lowest BCUT2D eigenvalue weighted by molar-refractivity contribution is 0.494. The van der Waals surface area contributed by atoms with Gasteiger partial charge in [-0.15, -0.1) is 11.8 Å². The average molecular weight is 309 g/mol. The molecule has 0 atom stereocenters. The van der Waals surface area contributed by atoms with Gasteiger partial charge in [0.1, 0.15) is 0 Å². The Morgan fingerprint density at radius 3 is 1.48 bits per heavy atom. The van der Waals surface area contributed by atoms with E-state index in [9.17, 15) is 0 Å². The second kappa shape index (κ2) is 7.22. The molecule has 0 saturated heterocycles. The van der Waals surface area contributed by atoms with Gasteiger partial charge < -0.3 is 0 Å². The number of thioether (sulfide) groups is 1. The fraction of sp³-hybridized carbons (Fsp3) is 0.700. The summed E-state index contributed by atoms with van der Waals surface area (Å²) in [6, 6.07) is 0. The zero-order valence-corrected chi connectivity index (χ0v) is 17.0. The largest absolute Gasteiger partial charge is 0.120 e. The Labute approximate surface area is 138 Å². The lowest BCUT2D eigenvalue weighted by atomic mass is 9.79. The topological polar surface area (TPSA) is 0 Å². The Morgan fingerprint density at radius 2 is 1.24 bits per heavy atom. The van der Waals surface area contributed by atoms with E-state index < -0.39 is 0 Å².